The van der Waals surface area contributed by atoms with Crippen molar-refractivity contribution in [1.29, 1.82) is 0 Å². The molecule has 0 unspecified atom stereocenters. The van der Waals surface area contributed by atoms with Gasteiger partial charge in [-0.05, 0) is 31.0 Å². The molecule has 3 aromatic rings. The van der Waals surface area contributed by atoms with Crippen LogP contribution in [0.5, 0.6) is 0 Å². The molecule has 0 N–H and O–H groups in total. The van der Waals surface area contributed by atoms with Crippen molar-refractivity contribution in [2.24, 2.45) is 0 Å². The number of hydrogen-bond donors (Lipinski definition) is 0. The zero-order valence-electron chi connectivity index (χ0n) is 16.8. The molecule has 0 radical (unpaired) electrons. The molecule has 0 aliphatic carbocycles. The molecule has 1 aliphatic rings. The maximum atomic E-state index is 12.6. The van der Waals surface area contributed by atoms with Gasteiger partial charge in [-0.3, -0.25) is 14.3 Å². The first-order valence-corrected chi connectivity index (χ1v) is 10.2. The molecule has 2 aromatic carbocycles. The number of piperazine rings is 1. The third-order valence-corrected chi connectivity index (χ3v) is 5.56. The number of benzene rings is 2. The summed E-state index contributed by atoms with van der Waals surface area (Å²) in [6, 6.07) is 16.0. The van der Waals surface area contributed by atoms with Crippen LogP contribution in [0.15, 0.2) is 57.7 Å². The lowest BCUT2D eigenvalue weighted by atomic mass is 10.1. The number of carbonyl (C=O) groups excluding carboxylic acids is 1. The lowest BCUT2D eigenvalue weighted by molar-refractivity contribution is -0.133. The molecule has 0 bridgehead atoms. The number of carbonyl (C=O) groups is 1. The van der Waals surface area contributed by atoms with Crippen LogP contribution < -0.4 is 5.76 Å². The maximum Gasteiger partial charge on any atom is 0.419 e. The number of hydrogen-bond acceptors (Lipinski definition) is 4. The summed E-state index contributed by atoms with van der Waals surface area (Å²) in [6.07, 6.45) is 1.08. The highest BCUT2D eigenvalue weighted by molar-refractivity contribution is 5.76. The molecule has 6 heteroatoms. The van der Waals surface area contributed by atoms with E-state index < -0.39 is 0 Å². The van der Waals surface area contributed by atoms with Crippen LogP contribution in [0.2, 0.25) is 0 Å². The molecule has 1 amide bonds. The predicted octanol–water partition coefficient (Wildman–Crippen LogP) is 3.03. The van der Waals surface area contributed by atoms with Crippen molar-refractivity contribution in [2.75, 3.05) is 26.2 Å². The summed E-state index contributed by atoms with van der Waals surface area (Å²) in [4.78, 5) is 28.9. The number of aromatic nitrogens is 1. The largest absolute Gasteiger partial charge is 0.419 e. The summed E-state index contributed by atoms with van der Waals surface area (Å²) >= 11 is 0. The van der Waals surface area contributed by atoms with E-state index in [-0.39, 0.29) is 11.7 Å². The molecule has 4 rings (SSSR count). The number of aryl methyl sites for hydroxylation is 2. The van der Waals surface area contributed by atoms with Gasteiger partial charge < -0.3 is 9.32 Å². The highest BCUT2D eigenvalue weighted by Gasteiger charge is 2.21. The van der Waals surface area contributed by atoms with Gasteiger partial charge in [-0.25, -0.2) is 4.79 Å². The van der Waals surface area contributed by atoms with E-state index in [1.165, 1.54) is 11.1 Å². The molecule has 1 aliphatic heterocycles. The van der Waals surface area contributed by atoms with E-state index in [0.29, 0.717) is 25.0 Å². The van der Waals surface area contributed by atoms with Gasteiger partial charge in [0, 0.05) is 45.7 Å². The Kier molecular flexibility index (Phi) is 5.81. The van der Waals surface area contributed by atoms with Crippen molar-refractivity contribution in [3.05, 3.63) is 70.2 Å². The lowest BCUT2D eigenvalue weighted by Gasteiger charge is -2.35. The summed E-state index contributed by atoms with van der Waals surface area (Å²) < 4.78 is 6.86. The summed E-state index contributed by atoms with van der Waals surface area (Å²) in [5, 5.41) is 0. The fourth-order valence-corrected chi connectivity index (χ4v) is 4.00. The SMILES string of the molecule is Cc1cccc(CN2CCN(C(=O)CCCn3c(=O)oc4ccccc43)CC2)c1. The Labute approximate surface area is 170 Å². The van der Waals surface area contributed by atoms with Gasteiger partial charge >= 0.3 is 5.76 Å². The number of oxazole rings is 1. The highest BCUT2D eigenvalue weighted by atomic mass is 16.4. The van der Waals surface area contributed by atoms with Crippen molar-refractivity contribution < 1.29 is 9.21 Å². The number of fused-ring (bicyclic) bond motifs is 1. The number of para-hydroxylation sites is 2. The number of rotatable bonds is 6. The molecule has 1 aromatic heterocycles. The molecule has 0 atom stereocenters. The molecule has 29 heavy (non-hydrogen) atoms. The third kappa shape index (κ3) is 4.59. The van der Waals surface area contributed by atoms with E-state index in [4.69, 9.17) is 4.42 Å². The Balaban J connectivity index is 1.25. The molecular formula is C23H27N3O3. The predicted molar refractivity (Wildman–Crippen MR) is 113 cm³/mol. The minimum Gasteiger partial charge on any atom is -0.408 e. The zero-order chi connectivity index (χ0) is 20.2. The van der Waals surface area contributed by atoms with Gasteiger partial charge in [-0.2, -0.15) is 0 Å². The van der Waals surface area contributed by atoms with Crippen molar-refractivity contribution in [3.8, 4) is 0 Å². The monoisotopic (exact) mass is 393 g/mol. The van der Waals surface area contributed by atoms with Gasteiger partial charge in [-0.1, -0.05) is 42.0 Å². The highest BCUT2D eigenvalue weighted by Crippen LogP contribution is 2.14. The van der Waals surface area contributed by atoms with Crippen LogP contribution in [0.25, 0.3) is 11.1 Å². The molecule has 1 fully saturated rings. The second-order valence-corrected chi connectivity index (χ2v) is 7.74. The van der Waals surface area contributed by atoms with E-state index in [9.17, 15) is 9.59 Å². The van der Waals surface area contributed by atoms with Gasteiger partial charge in [0.15, 0.2) is 5.58 Å². The van der Waals surface area contributed by atoms with Gasteiger partial charge in [0.2, 0.25) is 5.91 Å². The van der Waals surface area contributed by atoms with E-state index in [0.717, 1.165) is 38.2 Å². The normalized spacial score (nSPS) is 15.1. The van der Waals surface area contributed by atoms with Gasteiger partial charge in [0.25, 0.3) is 0 Å². The third-order valence-electron chi connectivity index (χ3n) is 5.56. The Morgan fingerprint density at radius 2 is 1.83 bits per heavy atom. The van der Waals surface area contributed by atoms with Crippen molar-refractivity contribution >= 4 is 17.0 Å². The van der Waals surface area contributed by atoms with Gasteiger partial charge in [0.05, 0.1) is 5.52 Å². The second kappa shape index (κ2) is 8.66. The average Bonchev–Trinajstić information content (AvgIpc) is 3.04. The molecule has 0 spiro atoms. The first kappa shape index (κ1) is 19.5. The van der Waals surface area contributed by atoms with E-state index in [1.54, 1.807) is 10.6 Å². The lowest BCUT2D eigenvalue weighted by Crippen LogP contribution is -2.48. The molecule has 6 nitrogen and oxygen atoms in total. The fraction of sp³-hybridized carbons (Fsp3) is 0.391. The number of nitrogens with zero attached hydrogens (tertiary/aromatic N) is 3. The van der Waals surface area contributed by atoms with Gasteiger partial charge in [-0.15, -0.1) is 0 Å². The summed E-state index contributed by atoms with van der Waals surface area (Å²) in [7, 11) is 0. The van der Waals surface area contributed by atoms with Crippen LogP contribution in [0.3, 0.4) is 0 Å². The van der Waals surface area contributed by atoms with E-state index in [2.05, 4.69) is 36.1 Å². The summed E-state index contributed by atoms with van der Waals surface area (Å²) in [6.45, 7) is 6.85. The van der Waals surface area contributed by atoms with Crippen LogP contribution in [-0.4, -0.2) is 46.5 Å². The smallest absolute Gasteiger partial charge is 0.408 e. The van der Waals surface area contributed by atoms with Crippen LogP contribution in [0.4, 0.5) is 0 Å². The van der Waals surface area contributed by atoms with Crippen molar-refractivity contribution in [2.45, 2.75) is 32.9 Å². The minimum atomic E-state index is -0.358. The molecule has 2 heterocycles. The van der Waals surface area contributed by atoms with E-state index >= 15 is 0 Å². The molecule has 0 saturated carbocycles. The number of amides is 1. The zero-order valence-corrected chi connectivity index (χ0v) is 16.8. The molecule has 1 saturated heterocycles. The average molecular weight is 393 g/mol. The van der Waals surface area contributed by atoms with E-state index in [1.807, 2.05) is 23.1 Å². The Bertz CT molecular complexity index is 1040. The van der Waals surface area contributed by atoms with Crippen LogP contribution >= 0.6 is 0 Å². The maximum absolute atomic E-state index is 12.6. The molecule has 152 valence electrons. The van der Waals surface area contributed by atoms with Gasteiger partial charge in [0.1, 0.15) is 0 Å². The Morgan fingerprint density at radius 3 is 2.62 bits per heavy atom. The van der Waals surface area contributed by atoms with Crippen LogP contribution in [0.1, 0.15) is 24.0 Å². The second-order valence-electron chi connectivity index (χ2n) is 7.74. The topological polar surface area (TPSA) is 58.7 Å². The van der Waals surface area contributed by atoms with Crippen LogP contribution in [-0.2, 0) is 17.9 Å². The summed E-state index contributed by atoms with van der Waals surface area (Å²) in [5.41, 5.74) is 3.98. The standard InChI is InChI=1S/C23H27N3O3/c1-18-6-4-7-19(16-18)17-24-12-14-25(15-13-24)22(27)10-5-11-26-20-8-2-3-9-21(20)29-23(26)28/h2-4,6-9,16H,5,10-15,17H2,1H3. The Morgan fingerprint density at radius 1 is 1.03 bits per heavy atom. The Hall–Kier alpha value is -2.86. The minimum absolute atomic E-state index is 0.168. The van der Waals surface area contributed by atoms with Crippen molar-refractivity contribution in [3.63, 3.8) is 0 Å². The van der Waals surface area contributed by atoms with Crippen molar-refractivity contribution in [1.82, 2.24) is 14.4 Å². The van der Waals surface area contributed by atoms with Crippen LogP contribution in [0, 0.1) is 6.92 Å². The first-order chi connectivity index (χ1) is 14.1. The summed E-state index contributed by atoms with van der Waals surface area (Å²) in [5.74, 6) is -0.190. The first-order valence-electron chi connectivity index (χ1n) is 10.2. The fourth-order valence-electron chi connectivity index (χ4n) is 4.00. The molecular weight excluding hydrogens is 366 g/mol. The quantitative estimate of drug-likeness (QED) is 0.646.